The number of hydrogen-bond donors (Lipinski definition) is 1. The fourth-order valence-corrected chi connectivity index (χ4v) is 2.90. The summed E-state index contributed by atoms with van der Waals surface area (Å²) in [6, 6.07) is 4.33. The molecule has 1 fully saturated rings. The molecule has 1 aromatic rings. The average molecular weight is 275 g/mol. The first-order valence-electron chi connectivity index (χ1n) is 7.73. The van der Waals surface area contributed by atoms with Gasteiger partial charge in [-0.05, 0) is 44.4 Å². The molecule has 1 saturated heterocycles. The summed E-state index contributed by atoms with van der Waals surface area (Å²) in [6.45, 7) is 5.31. The van der Waals surface area contributed by atoms with Crippen LogP contribution in [0.4, 0.5) is 0 Å². The normalized spacial score (nSPS) is 19.8. The van der Waals surface area contributed by atoms with Crippen LogP contribution in [0.5, 0.6) is 0 Å². The number of hydrogen-bond acceptors (Lipinski definition) is 3. The predicted octanol–water partition coefficient (Wildman–Crippen LogP) is 2.47. The monoisotopic (exact) mass is 275 g/mol. The molecule has 1 atom stereocenters. The first-order chi connectivity index (χ1) is 9.81. The van der Waals surface area contributed by atoms with Crippen LogP contribution in [0, 0.1) is 0 Å². The molecular weight excluding hydrogens is 250 g/mol. The lowest BCUT2D eigenvalue weighted by atomic mass is 10.00. The largest absolute Gasteiger partial charge is 0.352 e. The summed E-state index contributed by atoms with van der Waals surface area (Å²) in [6.07, 6.45) is 9.56. The van der Waals surface area contributed by atoms with Gasteiger partial charge in [-0.15, -0.1) is 0 Å². The Bertz CT molecular complexity index is 407. The lowest BCUT2D eigenvalue weighted by Crippen LogP contribution is -2.40. The molecule has 0 bridgehead atoms. The Morgan fingerprint density at radius 1 is 1.50 bits per heavy atom. The summed E-state index contributed by atoms with van der Waals surface area (Å²) in [5.74, 6) is -0.0243. The van der Waals surface area contributed by atoms with E-state index in [9.17, 15) is 4.79 Å². The second-order valence-corrected chi connectivity index (χ2v) is 5.44. The molecule has 4 heteroatoms. The fraction of sp³-hybridized carbons (Fsp3) is 0.625. The van der Waals surface area contributed by atoms with Gasteiger partial charge in [0.15, 0.2) is 0 Å². The van der Waals surface area contributed by atoms with Crippen LogP contribution < -0.4 is 5.32 Å². The van der Waals surface area contributed by atoms with E-state index in [0.717, 1.165) is 25.6 Å². The van der Waals surface area contributed by atoms with Crippen molar-refractivity contribution >= 4 is 5.91 Å². The summed E-state index contributed by atoms with van der Waals surface area (Å²) < 4.78 is 0. The van der Waals surface area contributed by atoms with Crippen LogP contribution in [0.15, 0.2) is 24.5 Å². The third-order valence-electron chi connectivity index (χ3n) is 4.05. The zero-order valence-electron chi connectivity index (χ0n) is 12.3. The summed E-state index contributed by atoms with van der Waals surface area (Å²) in [5, 5.41) is 2.97. The molecule has 1 aliphatic heterocycles. The summed E-state index contributed by atoms with van der Waals surface area (Å²) in [4.78, 5) is 18.4. The van der Waals surface area contributed by atoms with Gasteiger partial charge in [-0.2, -0.15) is 0 Å². The summed E-state index contributed by atoms with van der Waals surface area (Å²) in [5.41, 5.74) is 0.636. The molecule has 0 radical (unpaired) electrons. The van der Waals surface area contributed by atoms with Gasteiger partial charge in [0.05, 0.1) is 5.56 Å². The highest BCUT2D eigenvalue weighted by Gasteiger charge is 2.19. The summed E-state index contributed by atoms with van der Waals surface area (Å²) in [7, 11) is 0. The molecule has 0 spiro atoms. The van der Waals surface area contributed by atoms with E-state index in [1.807, 2.05) is 0 Å². The highest BCUT2D eigenvalue weighted by Crippen LogP contribution is 2.19. The van der Waals surface area contributed by atoms with E-state index in [2.05, 4.69) is 22.1 Å². The van der Waals surface area contributed by atoms with Gasteiger partial charge in [-0.25, -0.2) is 0 Å². The van der Waals surface area contributed by atoms with Crippen molar-refractivity contribution in [2.75, 3.05) is 19.6 Å². The second kappa shape index (κ2) is 8.00. The maximum Gasteiger partial charge on any atom is 0.252 e. The number of aromatic nitrogens is 1. The second-order valence-electron chi connectivity index (χ2n) is 5.44. The number of likely N-dealkylation sites (tertiary alicyclic amines) is 1. The van der Waals surface area contributed by atoms with E-state index in [1.165, 1.54) is 32.2 Å². The van der Waals surface area contributed by atoms with Crippen LogP contribution in [0.3, 0.4) is 0 Å². The van der Waals surface area contributed by atoms with E-state index in [0.29, 0.717) is 5.56 Å². The number of rotatable bonds is 6. The van der Waals surface area contributed by atoms with Crippen LogP contribution in [-0.4, -0.2) is 41.5 Å². The molecule has 1 aromatic heterocycles. The van der Waals surface area contributed by atoms with Gasteiger partial charge in [0.1, 0.15) is 0 Å². The minimum absolute atomic E-state index is 0.0243. The van der Waals surface area contributed by atoms with Gasteiger partial charge >= 0.3 is 0 Å². The van der Waals surface area contributed by atoms with Crippen LogP contribution in [-0.2, 0) is 0 Å². The van der Waals surface area contributed by atoms with E-state index >= 15 is 0 Å². The van der Waals surface area contributed by atoms with Crippen molar-refractivity contribution in [3.8, 4) is 0 Å². The topological polar surface area (TPSA) is 45.2 Å². The van der Waals surface area contributed by atoms with Crippen molar-refractivity contribution in [2.45, 2.75) is 45.1 Å². The number of carbonyl (C=O) groups excluding carboxylic acids is 1. The fourth-order valence-electron chi connectivity index (χ4n) is 2.90. The van der Waals surface area contributed by atoms with Crippen LogP contribution >= 0.6 is 0 Å². The van der Waals surface area contributed by atoms with Crippen molar-refractivity contribution in [1.82, 2.24) is 15.2 Å². The van der Waals surface area contributed by atoms with E-state index < -0.39 is 0 Å². The van der Waals surface area contributed by atoms with Gasteiger partial charge in [0.25, 0.3) is 5.91 Å². The third kappa shape index (κ3) is 4.30. The number of carbonyl (C=O) groups is 1. The molecule has 110 valence electrons. The van der Waals surface area contributed by atoms with Crippen LogP contribution in [0.2, 0.25) is 0 Å². The number of nitrogens with one attached hydrogen (secondary N) is 1. The molecule has 4 nitrogen and oxygen atoms in total. The standard InChI is InChI=1S/C16H25N3O/c1-2-15-8-3-4-11-19(15)12-6-10-18-16(20)14-7-5-9-17-13-14/h5,7,9,13,15H,2-4,6,8,10-12H2,1H3,(H,18,20). The van der Waals surface area contributed by atoms with E-state index in [-0.39, 0.29) is 5.91 Å². The molecule has 2 rings (SSSR count). The molecule has 1 aliphatic rings. The van der Waals surface area contributed by atoms with Crippen molar-refractivity contribution in [3.63, 3.8) is 0 Å². The Balaban J connectivity index is 1.67. The van der Waals surface area contributed by atoms with Gasteiger partial charge in [0.2, 0.25) is 0 Å². The van der Waals surface area contributed by atoms with Gasteiger partial charge in [-0.1, -0.05) is 13.3 Å². The van der Waals surface area contributed by atoms with Crippen molar-refractivity contribution in [3.05, 3.63) is 30.1 Å². The van der Waals surface area contributed by atoms with Crippen molar-refractivity contribution < 1.29 is 4.79 Å². The highest BCUT2D eigenvalue weighted by molar-refractivity contribution is 5.93. The highest BCUT2D eigenvalue weighted by atomic mass is 16.1. The van der Waals surface area contributed by atoms with Crippen LogP contribution in [0.1, 0.15) is 49.4 Å². The smallest absolute Gasteiger partial charge is 0.252 e. The maximum absolute atomic E-state index is 11.9. The molecule has 20 heavy (non-hydrogen) atoms. The Kier molecular flexibility index (Phi) is 5.99. The lowest BCUT2D eigenvalue weighted by molar-refractivity contribution is 0.0947. The van der Waals surface area contributed by atoms with Gasteiger partial charge in [0, 0.05) is 31.5 Å². The number of amides is 1. The molecular formula is C16H25N3O. The maximum atomic E-state index is 11.9. The summed E-state index contributed by atoms with van der Waals surface area (Å²) >= 11 is 0. The zero-order chi connectivity index (χ0) is 14.2. The minimum Gasteiger partial charge on any atom is -0.352 e. The first kappa shape index (κ1) is 15.0. The van der Waals surface area contributed by atoms with Crippen LogP contribution in [0.25, 0.3) is 0 Å². The Morgan fingerprint density at radius 2 is 2.40 bits per heavy atom. The number of nitrogens with zero attached hydrogens (tertiary/aromatic N) is 2. The molecule has 1 amide bonds. The number of pyridine rings is 1. The zero-order valence-corrected chi connectivity index (χ0v) is 12.3. The predicted molar refractivity (Wildman–Crippen MR) is 80.7 cm³/mol. The molecule has 1 N–H and O–H groups in total. The van der Waals surface area contributed by atoms with E-state index in [4.69, 9.17) is 0 Å². The average Bonchev–Trinajstić information content (AvgIpc) is 2.52. The SMILES string of the molecule is CCC1CCCCN1CCCNC(=O)c1cccnc1. The quantitative estimate of drug-likeness (QED) is 0.811. The van der Waals surface area contributed by atoms with Gasteiger partial charge < -0.3 is 10.2 Å². The third-order valence-corrected chi connectivity index (χ3v) is 4.05. The Hall–Kier alpha value is -1.42. The molecule has 0 aliphatic carbocycles. The Labute approximate surface area is 121 Å². The molecule has 0 aromatic carbocycles. The molecule has 2 heterocycles. The number of piperidine rings is 1. The Morgan fingerprint density at radius 3 is 3.15 bits per heavy atom. The van der Waals surface area contributed by atoms with Crippen molar-refractivity contribution in [2.24, 2.45) is 0 Å². The van der Waals surface area contributed by atoms with Crippen molar-refractivity contribution in [1.29, 1.82) is 0 Å². The first-order valence-corrected chi connectivity index (χ1v) is 7.73. The molecule has 0 saturated carbocycles. The molecule has 1 unspecified atom stereocenters. The van der Waals surface area contributed by atoms with Gasteiger partial charge in [-0.3, -0.25) is 9.78 Å². The minimum atomic E-state index is -0.0243. The lowest BCUT2D eigenvalue weighted by Gasteiger charge is -2.35. The van der Waals surface area contributed by atoms with E-state index in [1.54, 1.807) is 24.5 Å².